The number of benzene rings is 1. The van der Waals surface area contributed by atoms with Gasteiger partial charge in [-0.25, -0.2) is 8.42 Å². The third-order valence-corrected chi connectivity index (χ3v) is 6.16. The molecule has 0 radical (unpaired) electrons. The fraction of sp³-hybridized carbons (Fsp3) is 0.467. The zero-order valence-corrected chi connectivity index (χ0v) is 13.5. The summed E-state index contributed by atoms with van der Waals surface area (Å²) in [5.74, 6) is 5.56. The molecule has 6 heteroatoms. The van der Waals surface area contributed by atoms with Gasteiger partial charge in [0, 0.05) is 18.7 Å². The molecule has 0 heterocycles. The summed E-state index contributed by atoms with van der Waals surface area (Å²) in [5.41, 5.74) is 5.97. The van der Waals surface area contributed by atoms with Crippen molar-refractivity contribution in [1.82, 2.24) is 4.31 Å². The Labute approximate surface area is 131 Å². The van der Waals surface area contributed by atoms with E-state index in [1.165, 1.54) is 10.4 Å². The third kappa shape index (κ3) is 3.58. The molecule has 21 heavy (non-hydrogen) atoms. The molecule has 0 atom stereocenters. The second-order valence-corrected chi connectivity index (χ2v) is 7.48. The van der Waals surface area contributed by atoms with Gasteiger partial charge in [0.15, 0.2) is 0 Å². The summed E-state index contributed by atoms with van der Waals surface area (Å²) < 4.78 is 26.8. The molecule has 0 amide bonds. The molecule has 1 aliphatic rings. The minimum Gasteiger partial charge on any atom is -0.320 e. The molecule has 0 saturated heterocycles. The van der Waals surface area contributed by atoms with Gasteiger partial charge in [0.1, 0.15) is 4.90 Å². The highest BCUT2D eigenvalue weighted by Crippen LogP contribution is 2.30. The van der Waals surface area contributed by atoms with Gasteiger partial charge in [0.25, 0.3) is 0 Å². The molecule has 1 saturated carbocycles. The molecule has 114 valence electrons. The second kappa shape index (κ2) is 6.80. The Morgan fingerprint density at radius 2 is 2.05 bits per heavy atom. The van der Waals surface area contributed by atoms with Crippen LogP contribution >= 0.6 is 11.6 Å². The van der Waals surface area contributed by atoms with E-state index in [9.17, 15) is 8.42 Å². The van der Waals surface area contributed by atoms with Gasteiger partial charge >= 0.3 is 0 Å². The molecule has 2 N–H and O–H groups in total. The molecule has 1 fully saturated rings. The number of nitrogens with two attached hydrogens (primary N) is 1. The summed E-state index contributed by atoms with van der Waals surface area (Å²) in [5, 5.41) is 0.198. The van der Waals surface area contributed by atoms with Crippen LogP contribution in [0.15, 0.2) is 23.1 Å². The van der Waals surface area contributed by atoms with Gasteiger partial charge in [-0.3, -0.25) is 0 Å². The lowest BCUT2D eigenvalue weighted by molar-refractivity contribution is 0.373. The van der Waals surface area contributed by atoms with E-state index in [2.05, 4.69) is 11.8 Å². The molecule has 4 nitrogen and oxygen atoms in total. The van der Waals surface area contributed by atoms with Crippen molar-refractivity contribution < 1.29 is 8.42 Å². The quantitative estimate of drug-likeness (QED) is 0.866. The predicted octanol–water partition coefficient (Wildman–Crippen LogP) is 2.21. The predicted molar refractivity (Wildman–Crippen MR) is 84.6 cm³/mol. The first-order valence-corrected chi connectivity index (χ1v) is 8.75. The van der Waals surface area contributed by atoms with Crippen LogP contribution in [0.3, 0.4) is 0 Å². The van der Waals surface area contributed by atoms with Crippen molar-refractivity contribution in [3.05, 3.63) is 28.8 Å². The summed E-state index contributed by atoms with van der Waals surface area (Å²) in [6, 6.07) is 4.82. The minimum atomic E-state index is -3.56. The van der Waals surface area contributed by atoms with Gasteiger partial charge in [-0.2, -0.15) is 4.31 Å². The standard InChI is InChI=1S/C15H19ClN2O2S/c1-18(13-6-2-3-7-13)21(19,20)15-9-8-12(5-4-10-17)11-14(15)16/h8-9,11,13H,2-3,6-7,10,17H2,1H3. The van der Waals surface area contributed by atoms with Crippen LogP contribution < -0.4 is 5.73 Å². The number of nitrogens with zero attached hydrogens (tertiary/aromatic N) is 1. The Balaban J connectivity index is 2.31. The average molecular weight is 327 g/mol. The molecule has 1 aromatic carbocycles. The van der Waals surface area contributed by atoms with Crippen molar-refractivity contribution >= 4 is 21.6 Å². The maximum absolute atomic E-state index is 12.7. The van der Waals surface area contributed by atoms with Crippen molar-refractivity contribution in [2.24, 2.45) is 5.73 Å². The summed E-state index contributed by atoms with van der Waals surface area (Å²) >= 11 is 6.14. The van der Waals surface area contributed by atoms with Crippen LogP contribution in [-0.4, -0.2) is 32.4 Å². The summed E-state index contributed by atoms with van der Waals surface area (Å²) in [7, 11) is -1.93. The van der Waals surface area contributed by atoms with Gasteiger partial charge in [-0.15, -0.1) is 0 Å². The van der Waals surface area contributed by atoms with Crippen molar-refractivity contribution in [3.8, 4) is 11.8 Å². The van der Waals surface area contributed by atoms with E-state index in [-0.39, 0.29) is 22.5 Å². The van der Waals surface area contributed by atoms with Crippen LogP contribution in [0.5, 0.6) is 0 Å². The first-order valence-electron chi connectivity index (χ1n) is 6.93. The van der Waals surface area contributed by atoms with Gasteiger partial charge in [0.05, 0.1) is 11.6 Å². The number of hydrogen-bond donors (Lipinski definition) is 1. The summed E-state index contributed by atoms with van der Waals surface area (Å²) in [4.78, 5) is 0.136. The minimum absolute atomic E-state index is 0.0720. The van der Waals surface area contributed by atoms with E-state index < -0.39 is 10.0 Å². The summed E-state index contributed by atoms with van der Waals surface area (Å²) in [6.45, 7) is 0.252. The first-order chi connectivity index (χ1) is 9.96. The van der Waals surface area contributed by atoms with Crippen LogP contribution in [0.25, 0.3) is 0 Å². The van der Waals surface area contributed by atoms with Gasteiger partial charge in [-0.05, 0) is 31.0 Å². The molecule has 0 aromatic heterocycles. The molecule has 2 rings (SSSR count). The molecule has 1 aromatic rings. The van der Waals surface area contributed by atoms with E-state index in [1.807, 2.05) is 0 Å². The van der Waals surface area contributed by atoms with E-state index in [1.54, 1.807) is 19.2 Å². The monoisotopic (exact) mass is 326 g/mol. The van der Waals surface area contributed by atoms with Crippen LogP contribution in [0.2, 0.25) is 5.02 Å². The number of halogens is 1. The second-order valence-electron chi connectivity index (χ2n) is 5.11. The van der Waals surface area contributed by atoms with E-state index in [4.69, 9.17) is 17.3 Å². The van der Waals surface area contributed by atoms with Crippen molar-refractivity contribution in [1.29, 1.82) is 0 Å². The largest absolute Gasteiger partial charge is 0.320 e. The molecular formula is C15H19ClN2O2S. The highest BCUT2D eigenvalue weighted by molar-refractivity contribution is 7.89. The van der Waals surface area contributed by atoms with E-state index in [0.29, 0.717) is 5.56 Å². The van der Waals surface area contributed by atoms with Crippen molar-refractivity contribution in [2.45, 2.75) is 36.6 Å². The highest BCUT2D eigenvalue weighted by Gasteiger charge is 2.31. The molecule has 0 spiro atoms. The molecule has 0 unspecified atom stereocenters. The average Bonchev–Trinajstić information content (AvgIpc) is 2.98. The lowest BCUT2D eigenvalue weighted by atomic mass is 10.2. The lowest BCUT2D eigenvalue weighted by Gasteiger charge is -2.24. The van der Waals surface area contributed by atoms with Crippen LogP contribution in [0.1, 0.15) is 31.2 Å². The molecule has 0 bridgehead atoms. The zero-order chi connectivity index (χ0) is 15.5. The Hall–Kier alpha value is -1.06. The summed E-state index contributed by atoms with van der Waals surface area (Å²) in [6.07, 6.45) is 3.97. The Kier molecular flexibility index (Phi) is 5.28. The smallest absolute Gasteiger partial charge is 0.244 e. The van der Waals surface area contributed by atoms with E-state index >= 15 is 0 Å². The van der Waals surface area contributed by atoms with Gasteiger partial charge < -0.3 is 5.73 Å². The molecule has 0 aliphatic heterocycles. The number of sulfonamides is 1. The SMILES string of the molecule is CN(C1CCCC1)S(=O)(=O)c1ccc(C#CCN)cc1Cl. The van der Waals surface area contributed by atoms with Gasteiger partial charge in [-0.1, -0.05) is 36.3 Å². The number of rotatable bonds is 3. The number of hydrogen-bond acceptors (Lipinski definition) is 3. The van der Waals surface area contributed by atoms with Crippen molar-refractivity contribution in [3.63, 3.8) is 0 Å². The Bertz CT molecular complexity index is 671. The van der Waals surface area contributed by atoms with Crippen LogP contribution in [0.4, 0.5) is 0 Å². The molecular weight excluding hydrogens is 308 g/mol. The fourth-order valence-corrected chi connectivity index (χ4v) is 4.49. The topological polar surface area (TPSA) is 63.4 Å². The highest BCUT2D eigenvalue weighted by atomic mass is 35.5. The first kappa shape index (κ1) is 16.3. The lowest BCUT2D eigenvalue weighted by Crippen LogP contribution is -2.35. The fourth-order valence-electron chi connectivity index (χ4n) is 2.56. The molecule has 1 aliphatic carbocycles. The zero-order valence-electron chi connectivity index (χ0n) is 12.0. The van der Waals surface area contributed by atoms with Crippen molar-refractivity contribution in [2.75, 3.05) is 13.6 Å². The van der Waals surface area contributed by atoms with E-state index in [0.717, 1.165) is 25.7 Å². The maximum atomic E-state index is 12.7. The maximum Gasteiger partial charge on any atom is 0.244 e. The van der Waals surface area contributed by atoms with Crippen LogP contribution in [-0.2, 0) is 10.0 Å². The Morgan fingerprint density at radius 1 is 1.38 bits per heavy atom. The van der Waals surface area contributed by atoms with Gasteiger partial charge in [0.2, 0.25) is 10.0 Å². The normalized spacial score (nSPS) is 16.0. The Morgan fingerprint density at radius 3 is 2.62 bits per heavy atom. The third-order valence-electron chi connectivity index (χ3n) is 3.76. The van der Waals surface area contributed by atoms with Crippen LogP contribution in [0, 0.1) is 11.8 Å².